The molecule has 4 rings (SSSR count). The monoisotopic (exact) mass is 510 g/mol. The van der Waals surface area contributed by atoms with Crippen LogP contribution in [0.2, 0.25) is 0 Å². The van der Waals surface area contributed by atoms with E-state index < -0.39 is 0 Å². The van der Waals surface area contributed by atoms with Gasteiger partial charge in [-0.1, -0.05) is 0 Å². The van der Waals surface area contributed by atoms with E-state index >= 15 is 0 Å². The lowest BCUT2D eigenvalue weighted by Gasteiger charge is -2.17. The van der Waals surface area contributed by atoms with E-state index in [9.17, 15) is 9.18 Å². The van der Waals surface area contributed by atoms with Crippen molar-refractivity contribution in [2.45, 2.75) is 27.7 Å². The number of thiazole rings is 1. The SMILES string of the molecule is CCOc1cc(C(=O)Nc2cc(C)nn2-c2nc(-c3ccc(F)cc3)cs2)cc(OCC)c1OCC. The van der Waals surface area contributed by atoms with Crippen molar-refractivity contribution in [1.29, 1.82) is 0 Å². The Balaban J connectivity index is 1.64. The predicted molar refractivity (Wildman–Crippen MR) is 137 cm³/mol. The zero-order valence-corrected chi connectivity index (χ0v) is 21.3. The molecule has 1 N–H and O–H groups in total. The molecule has 0 unspecified atom stereocenters. The van der Waals surface area contributed by atoms with Crippen molar-refractivity contribution in [2.75, 3.05) is 25.1 Å². The molecule has 0 aliphatic heterocycles. The standard InChI is InChI=1S/C26H27FN4O4S/c1-5-33-21-13-18(14-22(34-6-2)24(21)35-7-3)25(32)29-23-12-16(4)30-31(23)26-28-20(15-36-26)17-8-10-19(27)11-9-17/h8-15H,5-7H2,1-4H3,(H,29,32). The molecule has 0 saturated heterocycles. The number of halogens is 1. The molecule has 188 valence electrons. The van der Waals surface area contributed by atoms with Crippen molar-refractivity contribution in [3.8, 4) is 33.6 Å². The van der Waals surface area contributed by atoms with E-state index in [2.05, 4.69) is 15.4 Å². The molecule has 0 spiro atoms. The van der Waals surface area contributed by atoms with Gasteiger partial charge in [0.25, 0.3) is 5.91 Å². The van der Waals surface area contributed by atoms with Gasteiger partial charge in [-0.05, 0) is 64.1 Å². The number of benzene rings is 2. The maximum absolute atomic E-state index is 13.3. The molecule has 0 saturated carbocycles. The first-order valence-corrected chi connectivity index (χ1v) is 12.5. The number of nitrogens with zero attached hydrogens (tertiary/aromatic N) is 3. The van der Waals surface area contributed by atoms with Gasteiger partial charge < -0.3 is 19.5 Å². The molecule has 0 bridgehead atoms. The summed E-state index contributed by atoms with van der Waals surface area (Å²) in [6.45, 7) is 8.66. The zero-order chi connectivity index (χ0) is 25.7. The molecule has 0 aliphatic carbocycles. The second-order valence-electron chi connectivity index (χ2n) is 7.66. The van der Waals surface area contributed by atoms with Gasteiger partial charge in [-0.3, -0.25) is 4.79 Å². The minimum Gasteiger partial charge on any atom is -0.490 e. The normalized spacial score (nSPS) is 10.8. The third-order valence-electron chi connectivity index (χ3n) is 5.06. The van der Waals surface area contributed by atoms with E-state index in [4.69, 9.17) is 14.2 Å². The van der Waals surface area contributed by atoms with E-state index in [1.165, 1.54) is 23.5 Å². The molecule has 4 aromatic rings. The fourth-order valence-electron chi connectivity index (χ4n) is 3.56. The molecule has 8 nitrogen and oxygen atoms in total. The van der Waals surface area contributed by atoms with Crippen LogP contribution in [0, 0.1) is 12.7 Å². The van der Waals surface area contributed by atoms with Gasteiger partial charge in [0, 0.05) is 22.6 Å². The quantitative estimate of drug-likeness (QED) is 0.286. The molecule has 0 radical (unpaired) electrons. The van der Waals surface area contributed by atoms with Crippen molar-refractivity contribution in [1.82, 2.24) is 14.8 Å². The van der Waals surface area contributed by atoms with Gasteiger partial charge in [0.2, 0.25) is 10.9 Å². The molecule has 2 aromatic heterocycles. The third-order valence-corrected chi connectivity index (χ3v) is 5.87. The number of ether oxygens (including phenoxy) is 3. The number of hydrogen-bond acceptors (Lipinski definition) is 7. The second-order valence-corrected chi connectivity index (χ2v) is 8.50. The summed E-state index contributed by atoms with van der Waals surface area (Å²) in [5, 5.41) is 9.85. The molecule has 1 amide bonds. The lowest BCUT2D eigenvalue weighted by molar-refractivity contribution is 0.102. The average Bonchev–Trinajstić information content (AvgIpc) is 3.48. The number of aromatic nitrogens is 3. The Kier molecular flexibility index (Phi) is 7.84. The van der Waals surface area contributed by atoms with Crippen LogP contribution in [0.25, 0.3) is 16.4 Å². The first-order chi connectivity index (χ1) is 17.4. The Hall–Kier alpha value is -3.92. The van der Waals surface area contributed by atoms with Crippen LogP contribution < -0.4 is 19.5 Å². The lowest BCUT2D eigenvalue weighted by atomic mass is 10.1. The second kappa shape index (κ2) is 11.2. The highest BCUT2D eigenvalue weighted by Crippen LogP contribution is 2.39. The third kappa shape index (κ3) is 5.49. The number of amides is 1. The Morgan fingerprint density at radius 2 is 1.64 bits per heavy atom. The van der Waals surface area contributed by atoms with Crippen LogP contribution in [-0.2, 0) is 0 Å². The Labute approximate surface area is 212 Å². The fourth-order valence-corrected chi connectivity index (χ4v) is 4.35. The Bertz CT molecular complexity index is 1320. The van der Waals surface area contributed by atoms with E-state index in [1.54, 1.807) is 35.0 Å². The van der Waals surface area contributed by atoms with Gasteiger partial charge in [-0.2, -0.15) is 9.78 Å². The number of nitrogens with one attached hydrogen (secondary N) is 1. The molecule has 10 heteroatoms. The Morgan fingerprint density at radius 1 is 1.00 bits per heavy atom. The number of aryl methyl sites for hydroxylation is 1. The van der Waals surface area contributed by atoms with Gasteiger partial charge in [0.15, 0.2) is 11.5 Å². The highest BCUT2D eigenvalue weighted by Gasteiger charge is 2.20. The summed E-state index contributed by atoms with van der Waals surface area (Å²) in [7, 11) is 0. The first kappa shape index (κ1) is 25.2. The summed E-state index contributed by atoms with van der Waals surface area (Å²) in [5.74, 6) is 1.12. The van der Waals surface area contributed by atoms with Crippen LogP contribution in [0.15, 0.2) is 47.8 Å². The molecule has 2 heterocycles. The fraction of sp³-hybridized carbons (Fsp3) is 0.269. The lowest BCUT2D eigenvalue weighted by Crippen LogP contribution is -2.16. The van der Waals surface area contributed by atoms with Crippen LogP contribution in [0.1, 0.15) is 36.8 Å². The predicted octanol–water partition coefficient (Wildman–Crippen LogP) is 5.89. The highest BCUT2D eigenvalue weighted by molar-refractivity contribution is 7.12. The van der Waals surface area contributed by atoms with Crippen molar-refractivity contribution in [2.24, 2.45) is 0 Å². The van der Waals surface area contributed by atoms with E-state index in [-0.39, 0.29) is 11.7 Å². The van der Waals surface area contributed by atoms with E-state index in [1.807, 2.05) is 33.1 Å². The number of rotatable bonds is 10. The number of carbonyl (C=O) groups excluding carboxylic acids is 1. The van der Waals surface area contributed by atoms with Crippen LogP contribution in [0.5, 0.6) is 17.2 Å². The Morgan fingerprint density at radius 3 is 2.25 bits per heavy atom. The summed E-state index contributed by atoms with van der Waals surface area (Å²) in [6, 6.07) is 11.2. The molecular weight excluding hydrogens is 483 g/mol. The van der Waals surface area contributed by atoms with Gasteiger partial charge in [-0.15, -0.1) is 11.3 Å². The molecule has 36 heavy (non-hydrogen) atoms. The van der Waals surface area contributed by atoms with Crippen molar-refractivity contribution >= 4 is 23.1 Å². The van der Waals surface area contributed by atoms with Crippen molar-refractivity contribution < 1.29 is 23.4 Å². The highest BCUT2D eigenvalue weighted by atomic mass is 32.1. The maximum Gasteiger partial charge on any atom is 0.257 e. The summed E-state index contributed by atoms with van der Waals surface area (Å²) in [6.07, 6.45) is 0. The number of hydrogen-bond donors (Lipinski definition) is 1. The van der Waals surface area contributed by atoms with E-state index in [0.717, 1.165) is 5.56 Å². The zero-order valence-electron chi connectivity index (χ0n) is 20.5. The minimum atomic E-state index is -0.364. The largest absolute Gasteiger partial charge is 0.490 e. The van der Waals surface area contributed by atoms with Crippen LogP contribution in [0.3, 0.4) is 0 Å². The number of carbonyl (C=O) groups is 1. The van der Waals surface area contributed by atoms with Gasteiger partial charge >= 0.3 is 0 Å². The van der Waals surface area contributed by atoms with Crippen LogP contribution in [-0.4, -0.2) is 40.5 Å². The summed E-state index contributed by atoms with van der Waals surface area (Å²) < 4.78 is 32.1. The summed E-state index contributed by atoms with van der Waals surface area (Å²) >= 11 is 1.37. The maximum atomic E-state index is 13.3. The van der Waals surface area contributed by atoms with Crippen LogP contribution in [0.4, 0.5) is 10.2 Å². The molecule has 0 atom stereocenters. The smallest absolute Gasteiger partial charge is 0.257 e. The van der Waals surface area contributed by atoms with Gasteiger partial charge in [0.05, 0.1) is 31.2 Å². The molecular formula is C26H27FN4O4S. The molecule has 2 aromatic carbocycles. The first-order valence-electron chi connectivity index (χ1n) is 11.6. The summed E-state index contributed by atoms with van der Waals surface area (Å²) in [4.78, 5) is 17.9. The minimum absolute atomic E-state index is 0.309. The molecule has 0 aliphatic rings. The van der Waals surface area contributed by atoms with Crippen molar-refractivity contribution in [3.63, 3.8) is 0 Å². The average molecular weight is 511 g/mol. The van der Waals surface area contributed by atoms with E-state index in [0.29, 0.717) is 65.0 Å². The molecule has 0 fully saturated rings. The van der Waals surface area contributed by atoms with Gasteiger partial charge in [-0.25, -0.2) is 9.37 Å². The van der Waals surface area contributed by atoms with Gasteiger partial charge in [0.1, 0.15) is 11.6 Å². The summed E-state index contributed by atoms with van der Waals surface area (Å²) in [5.41, 5.74) is 2.53. The van der Waals surface area contributed by atoms with Crippen LogP contribution >= 0.6 is 11.3 Å². The number of anilines is 1. The topological polar surface area (TPSA) is 87.5 Å². The van der Waals surface area contributed by atoms with Crippen molar-refractivity contribution in [3.05, 3.63) is 64.9 Å².